The van der Waals surface area contributed by atoms with Crippen LogP contribution in [0.1, 0.15) is 13.8 Å². The van der Waals surface area contributed by atoms with Crippen LogP contribution in [0.3, 0.4) is 0 Å². The average molecular weight is 141 g/mol. The highest BCUT2D eigenvalue weighted by molar-refractivity contribution is 4.73. The molecule has 1 heterocycles. The molecule has 1 radical (unpaired) electrons. The van der Waals surface area contributed by atoms with Gasteiger partial charge in [-0.25, -0.2) is 0 Å². The summed E-state index contributed by atoms with van der Waals surface area (Å²) in [5.41, 5.74) is 0. The summed E-state index contributed by atoms with van der Waals surface area (Å²) in [4.78, 5) is 4.87. The van der Waals surface area contributed by atoms with Gasteiger partial charge in [-0.15, -0.1) is 0 Å². The Bertz CT molecular complexity index is 73.3. The van der Waals surface area contributed by atoms with Gasteiger partial charge in [0.1, 0.15) is 0 Å². The number of likely N-dealkylation sites (N-methyl/N-ethyl adjacent to an activating group) is 1. The summed E-state index contributed by atoms with van der Waals surface area (Å²) in [5, 5.41) is 0. The van der Waals surface area contributed by atoms with E-state index in [4.69, 9.17) is 0 Å². The van der Waals surface area contributed by atoms with Gasteiger partial charge >= 0.3 is 0 Å². The zero-order valence-corrected chi connectivity index (χ0v) is 7.01. The topological polar surface area (TPSA) is 6.48 Å². The van der Waals surface area contributed by atoms with Crippen LogP contribution in [0, 0.1) is 6.54 Å². The molecule has 0 unspecified atom stereocenters. The Kier molecular flexibility index (Phi) is 3.16. The van der Waals surface area contributed by atoms with Gasteiger partial charge in [-0.1, -0.05) is 6.92 Å². The molecule has 10 heavy (non-hydrogen) atoms. The minimum atomic E-state index is 1.21. The minimum Gasteiger partial charge on any atom is -0.301 e. The van der Waals surface area contributed by atoms with Crippen LogP contribution in [0.4, 0.5) is 0 Å². The molecule has 1 fully saturated rings. The molecule has 2 heteroatoms. The lowest BCUT2D eigenvalue weighted by Crippen LogP contribution is -2.44. The number of hydrogen-bond donors (Lipinski definition) is 0. The van der Waals surface area contributed by atoms with Gasteiger partial charge in [0.05, 0.1) is 0 Å². The van der Waals surface area contributed by atoms with Gasteiger partial charge in [-0.05, 0) is 13.5 Å². The Morgan fingerprint density at radius 3 is 2.20 bits per heavy atom. The van der Waals surface area contributed by atoms with Crippen LogP contribution in [-0.4, -0.2) is 42.5 Å². The SMILES string of the molecule is C[CH]N1CCN(CC)CC1. The second-order valence-electron chi connectivity index (χ2n) is 2.73. The molecule has 0 atom stereocenters. The fourth-order valence-electron chi connectivity index (χ4n) is 1.34. The second kappa shape index (κ2) is 3.94. The molecule has 1 aliphatic heterocycles. The normalized spacial score (nSPS) is 23.4. The Labute approximate surface area is 63.8 Å². The smallest absolute Gasteiger partial charge is 0.0221 e. The fraction of sp³-hybridized carbons (Fsp3) is 0.875. The quantitative estimate of drug-likeness (QED) is 0.561. The zero-order valence-electron chi connectivity index (χ0n) is 7.01. The lowest BCUT2D eigenvalue weighted by Gasteiger charge is -2.32. The number of piperazine rings is 1. The van der Waals surface area contributed by atoms with Crippen LogP contribution in [0.25, 0.3) is 0 Å². The Morgan fingerprint density at radius 2 is 1.80 bits per heavy atom. The molecule has 1 saturated heterocycles. The molecule has 0 spiro atoms. The first-order valence-corrected chi connectivity index (χ1v) is 4.12. The molecule has 1 rings (SSSR count). The van der Waals surface area contributed by atoms with Crippen LogP contribution in [0.15, 0.2) is 0 Å². The summed E-state index contributed by atoms with van der Waals surface area (Å²) < 4.78 is 0. The summed E-state index contributed by atoms with van der Waals surface area (Å²) >= 11 is 0. The molecule has 2 nitrogen and oxygen atoms in total. The summed E-state index contributed by atoms with van der Waals surface area (Å²) in [7, 11) is 0. The predicted octanol–water partition coefficient (Wildman–Crippen LogP) is 0.806. The Hall–Kier alpha value is -0.0800. The van der Waals surface area contributed by atoms with Crippen molar-refractivity contribution in [1.29, 1.82) is 0 Å². The van der Waals surface area contributed by atoms with Crippen molar-refractivity contribution in [3.8, 4) is 0 Å². The minimum absolute atomic E-state index is 1.21. The van der Waals surface area contributed by atoms with Gasteiger partial charge in [0.2, 0.25) is 0 Å². The highest BCUT2D eigenvalue weighted by Crippen LogP contribution is 2.01. The maximum atomic E-state index is 2.49. The highest BCUT2D eigenvalue weighted by Gasteiger charge is 2.12. The van der Waals surface area contributed by atoms with E-state index in [9.17, 15) is 0 Å². The van der Waals surface area contributed by atoms with Gasteiger partial charge in [-0.3, -0.25) is 4.90 Å². The van der Waals surface area contributed by atoms with E-state index in [1.54, 1.807) is 0 Å². The van der Waals surface area contributed by atoms with E-state index in [0.29, 0.717) is 0 Å². The summed E-state index contributed by atoms with van der Waals surface area (Å²) in [6.07, 6.45) is 0. The molecule has 0 aromatic rings. The first-order valence-electron chi connectivity index (χ1n) is 4.12. The molecular weight excluding hydrogens is 124 g/mol. The number of hydrogen-bond acceptors (Lipinski definition) is 2. The lowest BCUT2D eigenvalue weighted by atomic mass is 10.3. The summed E-state index contributed by atoms with van der Waals surface area (Å²) in [5.74, 6) is 0. The third kappa shape index (κ3) is 1.96. The van der Waals surface area contributed by atoms with Gasteiger partial charge in [-0.2, -0.15) is 0 Å². The van der Waals surface area contributed by atoms with Crippen LogP contribution < -0.4 is 0 Å². The van der Waals surface area contributed by atoms with Crippen molar-refractivity contribution >= 4 is 0 Å². The van der Waals surface area contributed by atoms with Crippen LogP contribution in [0.2, 0.25) is 0 Å². The van der Waals surface area contributed by atoms with Crippen molar-refractivity contribution in [2.24, 2.45) is 0 Å². The molecule has 0 amide bonds. The molecule has 0 saturated carbocycles. The van der Waals surface area contributed by atoms with E-state index in [-0.39, 0.29) is 0 Å². The summed E-state index contributed by atoms with van der Waals surface area (Å²) in [6.45, 7) is 12.6. The molecule has 59 valence electrons. The number of rotatable bonds is 2. The monoisotopic (exact) mass is 141 g/mol. The van der Waals surface area contributed by atoms with E-state index in [0.717, 1.165) is 0 Å². The lowest BCUT2D eigenvalue weighted by molar-refractivity contribution is 0.162. The molecule has 0 N–H and O–H groups in total. The predicted molar refractivity (Wildman–Crippen MR) is 43.7 cm³/mol. The van der Waals surface area contributed by atoms with Crippen molar-refractivity contribution in [3.63, 3.8) is 0 Å². The van der Waals surface area contributed by atoms with E-state index in [1.165, 1.54) is 32.7 Å². The van der Waals surface area contributed by atoms with Crippen molar-refractivity contribution in [3.05, 3.63) is 6.54 Å². The van der Waals surface area contributed by atoms with Crippen LogP contribution in [-0.2, 0) is 0 Å². The zero-order chi connectivity index (χ0) is 7.40. The largest absolute Gasteiger partial charge is 0.301 e. The first kappa shape index (κ1) is 8.02. The van der Waals surface area contributed by atoms with E-state index in [1.807, 2.05) is 0 Å². The van der Waals surface area contributed by atoms with Crippen LogP contribution in [0.5, 0.6) is 0 Å². The van der Waals surface area contributed by atoms with Crippen LogP contribution >= 0.6 is 0 Å². The van der Waals surface area contributed by atoms with Crippen molar-refractivity contribution in [2.75, 3.05) is 32.7 Å². The average Bonchev–Trinajstić information content (AvgIpc) is 2.05. The highest BCUT2D eigenvalue weighted by atomic mass is 15.2. The Balaban J connectivity index is 2.17. The Morgan fingerprint density at radius 1 is 1.20 bits per heavy atom. The van der Waals surface area contributed by atoms with Crippen molar-refractivity contribution in [1.82, 2.24) is 9.80 Å². The van der Waals surface area contributed by atoms with Gasteiger partial charge < -0.3 is 4.90 Å². The fourth-order valence-corrected chi connectivity index (χ4v) is 1.34. The van der Waals surface area contributed by atoms with Gasteiger partial charge in [0, 0.05) is 32.7 Å². The molecule has 0 bridgehead atoms. The maximum absolute atomic E-state index is 2.49. The van der Waals surface area contributed by atoms with E-state index >= 15 is 0 Å². The van der Waals surface area contributed by atoms with Crippen molar-refractivity contribution in [2.45, 2.75) is 13.8 Å². The van der Waals surface area contributed by atoms with Gasteiger partial charge in [0.25, 0.3) is 0 Å². The molecule has 1 aliphatic rings. The molecular formula is C8H17N2. The van der Waals surface area contributed by atoms with Gasteiger partial charge in [0.15, 0.2) is 0 Å². The van der Waals surface area contributed by atoms with E-state index < -0.39 is 0 Å². The molecule has 0 aliphatic carbocycles. The number of nitrogens with zero attached hydrogens (tertiary/aromatic N) is 2. The third-order valence-electron chi connectivity index (χ3n) is 2.22. The second-order valence-corrected chi connectivity index (χ2v) is 2.73. The summed E-state index contributed by atoms with van der Waals surface area (Å²) in [6, 6.07) is 0. The van der Waals surface area contributed by atoms with Crippen molar-refractivity contribution < 1.29 is 0 Å². The molecule has 0 aromatic heterocycles. The standard InChI is InChI=1S/C8H17N2/c1-3-9-5-7-10(4-2)8-6-9/h3H,4-8H2,1-2H3. The van der Waals surface area contributed by atoms with E-state index in [2.05, 4.69) is 30.2 Å². The first-order chi connectivity index (χ1) is 4.86. The third-order valence-corrected chi connectivity index (χ3v) is 2.22. The maximum Gasteiger partial charge on any atom is 0.0221 e. The molecule has 0 aromatic carbocycles.